The van der Waals surface area contributed by atoms with E-state index >= 15 is 0 Å². The Hall–Kier alpha value is -2.18. The predicted molar refractivity (Wildman–Crippen MR) is 77.7 cm³/mol. The van der Waals surface area contributed by atoms with Crippen LogP contribution in [-0.2, 0) is 0 Å². The Morgan fingerprint density at radius 1 is 1.48 bits per heavy atom. The molecule has 1 aliphatic carbocycles. The summed E-state index contributed by atoms with van der Waals surface area (Å²) in [6.07, 6.45) is 7.06. The Bertz CT molecular complexity index is 541. The lowest BCUT2D eigenvalue weighted by Crippen LogP contribution is -2.29. The molecule has 1 aromatic heterocycles. The summed E-state index contributed by atoms with van der Waals surface area (Å²) in [6, 6.07) is 1.07. The van der Waals surface area contributed by atoms with Crippen LogP contribution in [0.5, 0.6) is 0 Å². The van der Waals surface area contributed by atoms with Crippen LogP contribution in [0, 0.1) is 16.0 Å². The molecule has 21 heavy (non-hydrogen) atoms. The van der Waals surface area contributed by atoms with E-state index in [1.807, 2.05) is 0 Å². The number of carboxylic acids is 1. The minimum atomic E-state index is -1.20. The van der Waals surface area contributed by atoms with Crippen LogP contribution >= 0.6 is 0 Å². The van der Waals surface area contributed by atoms with Crippen molar-refractivity contribution in [3.05, 3.63) is 27.9 Å². The Morgan fingerprint density at radius 2 is 2.14 bits per heavy atom. The van der Waals surface area contributed by atoms with Crippen molar-refractivity contribution in [1.82, 2.24) is 4.98 Å². The third-order valence-electron chi connectivity index (χ3n) is 3.91. The van der Waals surface area contributed by atoms with Crippen LogP contribution in [0.25, 0.3) is 0 Å². The Morgan fingerprint density at radius 3 is 2.71 bits per heavy atom. The number of aromatic carboxylic acids is 1. The summed E-state index contributed by atoms with van der Waals surface area (Å²) in [4.78, 5) is 27.2. The van der Waals surface area contributed by atoms with Crippen molar-refractivity contribution in [2.75, 3.05) is 18.5 Å². The normalized spacial score (nSPS) is 15.7. The van der Waals surface area contributed by atoms with Crippen LogP contribution in [0.15, 0.2) is 12.3 Å². The van der Waals surface area contributed by atoms with Crippen molar-refractivity contribution < 1.29 is 14.8 Å². The molecule has 0 atom stereocenters. The molecule has 1 aromatic rings. The van der Waals surface area contributed by atoms with Crippen LogP contribution in [0.4, 0.5) is 11.5 Å². The first-order valence-corrected chi connectivity index (χ1v) is 7.08. The Labute approximate surface area is 122 Å². The topological polar surface area (TPSA) is 96.6 Å². The lowest BCUT2D eigenvalue weighted by molar-refractivity contribution is -0.385. The molecule has 2 rings (SSSR count). The van der Waals surface area contributed by atoms with Gasteiger partial charge in [0.05, 0.1) is 4.92 Å². The summed E-state index contributed by atoms with van der Waals surface area (Å²) in [5.74, 6) is -0.377. The Balaban J connectivity index is 2.20. The number of rotatable bonds is 5. The zero-order valence-corrected chi connectivity index (χ0v) is 12.0. The van der Waals surface area contributed by atoms with Gasteiger partial charge in [0.2, 0.25) is 0 Å². The molecule has 0 aromatic carbocycles. The first-order valence-electron chi connectivity index (χ1n) is 7.08. The highest BCUT2D eigenvalue weighted by Crippen LogP contribution is 2.27. The SMILES string of the molecule is CN(CC1CCCCC1)c1ncc([N+](=O)[O-])cc1C(=O)O. The summed E-state index contributed by atoms with van der Waals surface area (Å²) in [7, 11) is 1.79. The molecular formula is C14H19N3O4. The average molecular weight is 293 g/mol. The highest BCUT2D eigenvalue weighted by atomic mass is 16.6. The van der Waals surface area contributed by atoms with E-state index in [-0.39, 0.29) is 11.3 Å². The quantitative estimate of drug-likeness (QED) is 0.662. The molecule has 0 unspecified atom stereocenters. The van der Waals surface area contributed by atoms with Crippen molar-refractivity contribution in [1.29, 1.82) is 0 Å². The number of nitrogens with zero attached hydrogens (tertiary/aromatic N) is 3. The van der Waals surface area contributed by atoms with Crippen molar-refractivity contribution in [2.24, 2.45) is 5.92 Å². The van der Waals surface area contributed by atoms with E-state index < -0.39 is 10.9 Å². The van der Waals surface area contributed by atoms with Gasteiger partial charge in [0.15, 0.2) is 0 Å². The van der Waals surface area contributed by atoms with E-state index in [4.69, 9.17) is 0 Å². The van der Waals surface area contributed by atoms with Gasteiger partial charge >= 0.3 is 5.97 Å². The molecule has 0 amide bonds. The van der Waals surface area contributed by atoms with E-state index in [0.717, 1.165) is 31.6 Å². The third-order valence-corrected chi connectivity index (χ3v) is 3.91. The maximum absolute atomic E-state index is 11.3. The largest absolute Gasteiger partial charge is 0.478 e. The number of carboxylic acid groups (broad SMARTS) is 1. The first kappa shape index (κ1) is 15.2. The second-order valence-corrected chi connectivity index (χ2v) is 5.51. The number of carbonyl (C=O) groups is 1. The molecule has 7 nitrogen and oxygen atoms in total. The summed E-state index contributed by atoms with van der Waals surface area (Å²) in [6.45, 7) is 0.727. The second kappa shape index (κ2) is 6.51. The summed E-state index contributed by atoms with van der Waals surface area (Å²) in [5, 5.41) is 20.0. The van der Waals surface area contributed by atoms with E-state index in [2.05, 4.69) is 4.98 Å². The highest BCUT2D eigenvalue weighted by molar-refractivity contribution is 5.94. The van der Waals surface area contributed by atoms with Gasteiger partial charge in [0, 0.05) is 19.7 Å². The molecule has 1 aliphatic rings. The fourth-order valence-corrected chi connectivity index (χ4v) is 2.85. The van der Waals surface area contributed by atoms with Gasteiger partial charge in [-0.1, -0.05) is 19.3 Å². The van der Waals surface area contributed by atoms with E-state index in [1.165, 1.54) is 19.3 Å². The molecule has 1 fully saturated rings. The minimum absolute atomic E-state index is 0.123. The highest BCUT2D eigenvalue weighted by Gasteiger charge is 2.22. The fraction of sp³-hybridized carbons (Fsp3) is 0.571. The second-order valence-electron chi connectivity index (χ2n) is 5.51. The van der Waals surface area contributed by atoms with Crippen LogP contribution < -0.4 is 4.90 Å². The number of aromatic nitrogens is 1. The molecular weight excluding hydrogens is 274 g/mol. The summed E-state index contributed by atoms with van der Waals surface area (Å²) >= 11 is 0. The third kappa shape index (κ3) is 3.68. The van der Waals surface area contributed by atoms with Gasteiger partial charge in [-0.3, -0.25) is 10.1 Å². The minimum Gasteiger partial charge on any atom is -0.478 e. The van der Waals surface area contributed by atoms with E-state index in [1.54, 1.807) is 11.9 Å². The van der Waals surface area contributed by atoms with Crippen molar-refractivity contribution >= 4 is 17.5 Å². The Kier molecular flexibility index (Phi) is 4.72. The summed E-state index contributed by atoms with van der Waals surface area (Å²) < 4.78 is 0. The lowest BCUT2D eigenvalue weighted by atomic mass is 9.89. The van der Waals surface area contributed by atoms with Crippen LogP contribution in [0.1, 0.15) is 42.5 Å². The molecule has 7 heteroatoms. The molecule has 0 bridgehead atoms. The molecule has 1 heterocycles. The smallest absolute Gasteiger partial charge is 0.339 e. The molecule has 0 spiro atoms. The molecule has 1 saturated carbocycles. The van der Waals surface area contributed by atoms with Gasteiger partial charge in [-0.2, -0.15) is 0 Å². The fourth-order valence-electron chi connectivity index (χ4n) is 2.85. The van der Waals surface area contributed by atoms with Gasteiger partial charge < -0.3 is 10.0 Å². The van der Waals surface area contributed by atoms with E-state index in [0.29, 0.717) is 11.7 Å². The zero-order chi connectivity index (χ0) is 15.4. The number of nitro groups is 1. The predicted octanol–water partition coefficient (Wildman–Crippen LogP) is 2.70. The zero-order valence-electron chi connectivity index (χ0n) is 12.0. The molecule has 0 aliphatic heterocycles. The number of hydrogen-bond acceptors (Lipinski definition) is 5. The number of pyridine rings is 1. The van der Waals surface area contributed by atoms with Gasteiger partial charge in [-0.05, 0) is 18.8 Å². The molecule has 1 N–H and O–H groups in total. The van der Waals surface area contributed by atoms with Crippen LogP contribution in [0.2, 0.25) is 0 Å². The first-order chi connectivity index (χ1) is 9.99. The standard InChI is InChI=1S/C14H19N3O4/c1-16(9-10-5-3-2-4-6-10)13-12(14(18)19)7-11(8-15-13)17(20)21/h7-8,10H,2-6,9H2,1H3,(H,18,19). The van der Waals surface area contributed by atoms with Crippen molar-refractivity contribution in [3.63, 3.8) is 0 Å². The van der Waals surface area contributed by atoms with Gasteiger partial charge in [0.1, 0.15) is 17.6 Å². The average Bonchev–Trinajstić information content (AvgIpc) is 2.47. The van der Waals surface area contributed by atoms with E-state index in [9.17, 15) is 20.0 Å². The number of anilines is 1. The maximum Gasteiger partial charge on any atom is 0.339 e. The molecule has 0 radical (unpaired) electrons. The molecule has 114 valence electrons. The van der Waals surface area contributed by atoms with Crippen LogP contribution in [-0.4, -0.2) is 34.6 Å². The maximum atomic E-state index is 11.3. The van der Waals surface area contributed by atoms with Crippen molar-refractivity contribution in [2.45, 2.75) is 32.1 Å². The monoisotopic (exact) mass is 293 g/mol. The van der Waals surface area contributed by atoms with Crippen LogP contribution in [0.3, 0.4) is 0 Å². The number of hydrogen-bond donors (Lipinski definition) is 1. The van der Waals surface area contributed by atoms with Gasteiger partial charge in [0.25, 0.3) is 5.69 Å². The summed E-state index contributed by atoms with van der Waals surface area (Å²) in [5.41, 5.74) is -0.426. The van der Waals surface area contributed by atoms with Crippen molar-refractivity contribution in [3.8, 4) is 0 Å². The molecule has 0 saturated heterocycles. The van der Waals surface area contributed by atoms with Gasteiger partial charge in [-0.15, -0.1) is 0 Å². The lowest BCUT2D eigenvalue weighted by Gasteiger charge is -2.28. The van der Waals surface area contributed by atoms with Gasteiger partial charge in [-0.25, -0.2) is 9.78 Å².